The van der Waals surface area contributed by atoms with Crippen molar-refractivity contribution in [2.24, 2.45) is 5.41 Å². The van der Waals surface area contributed by atoms with Gasteiger partial charge in [0.15, 0.2) is 0 Å². The molecule has 1 N–H and O–H groups in total. The minimum absolute atomic E-state index is 0.0402. The SMILES string of the molecule is CC(C)N1C(=O)C2(CCCCC2)C1C(=O)NCCN1CCOCC1. The van der Waals surface area contributed by atoms with Gasteiger partial charge in [0.05, 0.1) is 18.6 Å². The van der Waals surface area contributed by atoms with Gasteiger partial charge in [-0.15, -0.1) is 0 Å². The summed E-state index contributed by atoms with van der Waals surface area (Å²) in [6, 6.07) is -0.185. The first-order valence-electron chi connectivity index (χ1n) is 9.47. The van der Waals surface area contributed by atoms with Crippen LogP contribution in [0.2, 0.25) is 0 Å². The van der Waals surface area contributed by atoms with Gasteiger partial charge >= 0.3 is 0 Å². The fourth-order valence-electron chi connectivity index (χ4n) is 4.53. The number of likely N-dealkylation sites (tertiary alicyclic amines) is 1. The summed E-state index contributed by atoms with van der Waals surface area (Å²) in [4.78, 5) is 29.7. The molecule has 2 aliphatic heterocycles. The van der Waals surface area contributed by atoms with Gasteiger partial charge in [0.2, 0.25) is 11.8 Å². The lowest BCUT2D eigenvalue weighted by Crippen LogP contribution is -2.75. The molecule has 3 aliphatic rings. The second-order valence-electron chi connectivity index (χ2n) is 7.67. The van der Waals surface area contributed by atoms with E-state index in [2.05, 4.69) is 10.2 Å². The Balaban J connectivity index is 1.58. The van der Waals surface area contributed by atoms with E-state index in [4.69, 9.17) is 4.74 Å². The van der Waals surface area contributed by atoms with Gasteiger partial charge in [-0.2, -0.15) is 0 Å². The summed E-state index contributed by atoms with van der Waals surface area (Å²) >= 11 is 0. The smallest absolute Gasteiger partial charge is 0.243 e. The summed E-state index contributed by atoms with van der Waals surface area (Å²) in [5.41, 5.74) is -0.411. The Kier molecular flexibility index (Phi) is 5.45. The van der Waals surface area contributed by atoms with Gasteiger partial charge in [0, 0.05) is 32.2 Å². The quantitative estimate of drug-likeness (QED) is 0.761. The molecule has 2 saturated heterocycles. The zero-order chi connectivity index (χ0) is 17.2. The van der Waals surface area contributed by atoms with E-state index in [1.807, 2.05) is 13.8 Å². The Morgan fingerprint density at radius 2 is 1.92 bits per heavy atom. The third-order valence-corrected chi connectivity index (χ3v) is 5.84. The Hall–Kier alpha value is -1.14. The highest BCUT2D eigenvalue weighted by molar-refractivity contribution is 6.02. The van der Waals surface area contributed by atoms with Crippen LogP contribution in [0.15, 0.2) is 0 Å². The standard InChI is InChI=1S/C18H31N3O3/c1-14(2)21-15(18(17(21)23)6-4-3-5-7-18)16(22)19-8-9-20-10-12-24-13-11-20/h14-15H,3-13H2,1-2H3,(H,19,22). The molecule has 1 aliphatic carbocycles. The van der Waals surface area contributed by atoms with Gasteiger partial charge in [-0.1, -0.05) is 19.3 Å². The van der Waals surface area contributed by atoms with Crippen molar-refractivity contribution in [2.75, 3.05) is 39.4 Å². The van der Waals surface area contributed by atoms with E-state index in [-0.39, 0.29) is 23.9 Å². The molecular weight excluding hydrogens is 306 g/mol. The Bertz CT molecular complexity index is 468. The van der Waals surface area contributed by atoms with Crippen molar-refractivity contribution in [3.63, 3.8) is 0 Å². The van der Waals surface area contributed by atoms with Crippen LogP contribution in [-0.2, 0) is 14.3 Å². The van der Waals surface area contributed by atoms with Gasteiger partial charge in [0.25, 0.3) is 0 Å². The van der Waals surface area contributed by atoms with E-state index < -0.39 is 5.41 Å². The Morgan fingerprint density at radius 3 is 2.54 bits per heavy atom. The second kappa shape index (κ2) is 7.40. The molecule has 0 bridgehead atoms. The maximum atomic E-state index is 12.9. The number of carbonyl (C=O) groups excluding carboxylic acids is 2. The van der Waals surface area contributed by atoms with Crippen LogP contribution < -0.4 is 5.32 Å². The predicted molar refractivity (Wildman–Crippen MR) is 91.6 cm³/mol. The third-order valence-electron chi connectivity index (χ3n) is 5.84. The normalized spacial score (nSPS) is 27.4. The first-order valence-corrected chi connectivity index (χ1v) is 9.47. The molecule has 1 atom stereocenters. The number of hydrogen-bond donors (Lipinski definition) is 1. The number of β-lactam (4-membered cyclic amide) rings is 1. The molecule has 0 aromatic carbocycles. The van der Waals surface area contributed by atoms with Crippen LogP contribution in [0.4, 0.5) is 0 Å². The lowest BCUT2D eigenvalue weighted by atomic mass is 9.61. The molecule has 0 radical (unpaired) electrons. The molecular formula is C18H31N3O3. The van der Waals surface area contributed by atoms with Crippen molar-refractivity contribution in [3.8, 4) is 0 Å². The fourth-order valence-corrected chi connectivity index (χ4v) is 4.53. The van der Waals surface area contributed by atoms with Gasteiger partial charge in [-0.05, 0) is 26.7 Å². The molecule has 0 aromatic rings. The molecule has 6 heteroatoms. The lowest BCUT2D eigenvalue weighted by Gasteiger charge is -2.58. The molecule has 1 spiro atoms. The van der Waals surface area contributed by atoms with Crippen LogP contribution in [0.1, 0.15) is 46.0 Å². The van der Waals surface area contributed by atoms with Crippen molar-refractivity contribution in [3.05, 3.63) is 0 Å². The maximum absolute atomic E-state index is 12.9. The summed E-state index contributed by atoms with van der Waals surface area (Å²) in [5.74, 6) is 0.240. The van der Waals surface area contributed by atoms with Gasteiger partial charge < -0.3 is 15.0 Å². The number of rotatable bonds is 5. The van der Waals surface area contributed by atoms with Crippen LogP contribution in [0.5, 0.6) is 0 Å². The van der Waals surface area contributed by atoms with Crippen molar-refractivity contribution >= 4 is 11.8 Å². The molecule has 2 heterocycles. The van der Waals surface area contributed by atoms with Crippen LogP contribution in [-0.4, -0.2) is 73.1 Å². The predicted octanol–water partition coefficient (Wildman–Crippen LogP) is 1.00. The van der Waals surface area contributed by atoms with Crippen molar-refractivity contribution in [2.45, 2.75) is 58.0 Å². The summed E-state index contributed by atoms with van der Waals surface area (Å²) in [5, 5.41) is 3.09. The molecule has 0 aromatic heterocycles. The zero-order valence-electron chi connectivity index (χ0n) is 15.1. The lowest BCUT2D eigenvalue weighted by molar-refractivity contribution is -0.185. The minimum Gasteiger partial charge on any atom is -0.379 e. The molecule has 1 saturated carbocycles. The van der Waals surface area contributed by atoms with E-state index in [1.165, 1.54) is 6.42 Å². The van der Waals surface area contributed by atoms with Crippen LogP contribution in [0, 0.1) is 5.41 Å². The molecule has 3 fully saturated rings. The maximum Gasteiger partial charge on any atom is 0.243 e. The van der Waals surface area contributed by atoms with E-state index in [1.54, 1.807) is 4.90 Å². The fraction of sp³-hybridized carbons (Fsp3) is 0.889. The zero-order valence-corrected chi connectivity index (χ0v) is 15.1. The molecule has 3 rings (SSSR count). The monoisotopic (exact) mass is 337 g/mol. The van der Waals surface area contributed by atoms with Crippen LogP contribution >= 0.6 is 0 Å². The summed E-state index contributed by atoms with van der Waals surface area (Å²) < 4.78 is 5.35. The molecule has 24 heavy (non-hydrogen) atoms. The first kappa shape index (κ1) is 17.7. The highest BCUT2D eigenvalue weighted by atomic mass is 16.5. The summed E-state index contributed by atoms with van der Waals surface area (Å²) in [7, 11) is 0. The third kappa shape index (κ3) is 3.18. The summed E-state index contributed by atoms with van der Waals surface area (Å²) in [6.07, 6.45) is 5.06. The Labute approximate surface area is 144 Å². The topological polar surface area (TPSA) is 61.9 Å². The largest absolute Gasteiger partial charge is 0.379 e. The molecule has 6 nitrogen and oxygen atoms in total. The molecule has 136 valence electrons. The highest BCUT2D eigenvalue weighted by Gasteiger charge is 2.63. The first-order chi connectivity index (χ1) is 11.6. The van der Waals surface area contributed by atoms with E-state index in [9.17, 15) is 9.59 Å². The molecule has 2 amide bonds. The van der Waals surface area contributed by atoms with E-state index in [0.717, 1.165) is 58.5 Å². The number of morpholine rings is 1. The van der Waals surface area contributed by atoms with Gasteiger partial charge in [-0.3, -0.25) is 14.5 Å². The number of nitrogens with one attached hydrogen (secondary N) is 1. The molecule has 1 unspecified atom stereocenters. The van der Waals surface area contributed by atoms with Crippen LogP contribution in [0.3, 0.4) is 0 Å². The minimum atomic E-state index is -0.411. The van der Waals surface area contributed by atoms with Crippen molar-refractivity contribution in [1.82, 2.24) is 15.1 Å². The number of nitrogens with zero attached hydrogens (tertiary/aromatic N) is 2. The van der Waals surface area contributed by atoms with Crippen LogP contribution in [0.25, 0.3) is 0 Å². The average Bonchev–Trinajstić information content (AvgIpc) is 2.60. The average molecular weight is 337 g/mol. The summed E-state index contributed by atoms with van der Waals surface area (Å²) in [6.45, 7) is 8.91. The van der Waals surface area contributed by atoms with Crippen molar-refractivity contribution < 1.29 is 14.3 Å². The number of carbonyl (C=O) groups is 2. The van der Waals surface area contributed by atoms with Crippen molar-refractivity contribution in [1.29, 1.82) is 0 Å². The van der Waals surface area contributed by atoms with E-state index >= 15 is 0 Å². The van der Waals surface area contributed by atoms with E-state index in [0.29, 0.717) is 6.54 Å². The number of amides is 2. The number of ether oxygens (including phenoxy) is 1. The van der Waals surface area contributed by atoms with Gasteiger partial charge in [0.1, 0.15) is 6.04 Å². The second-order valence-corrected chi connectivity index (χ2v) is 7.67. The van der Waals surface area contributed by atoms with Gasteiger partial charge in [-0.25, -0.2) is 0 Å². The highest BCUT2D eigenvalue weighted by Crippen LogP contribution is 2.50. The number of hydrogen-bond acceptors (Lipinski definition) is 4. The Morgan fingerprint density at radius 1 is 1.25 bits per heavy atom.